The zero-order valence-corrected chi connectivity index (χ0v) is 12.3. The summed E-state index contributed by atoms with van der Waals surface area (Å²) in [6.07, 6.45) is 6.78. The van der Waals surface area contributed by atoms with Crippen molar-refractivity contribution < 1.29 is 5.11 Å². The number of halogens is 1. The number of allylic oxidation sites excluding steroid dienone is 1. The molecule has 4 heteroatoms. The molecule has 1 aliphatic carbocycles. The van der Waals surface area contributed by atoms with Gasteiger partial charge in [-0.25, -0.2) is 0 Å². The van der Waals surface area contributed by atoms with Crippen molar-refractivity contribution in [1.82, 2.24) is 10.6 Å². The van der Waals surface area contributed by atoms with Gasteiger partial charge in [-0.2, -0.15) is 0 Å². The SMILES string of the molecule is CCCNCCNC(O)C1C=CC(C)CC(Cl)C1. The van der Waals surface area contributed by atoms with Gasteiger partial charge in [0.2, 0.25) is 0 Å². The molecule has 0 bridgehead atoms. The van der Waals surface area contributed by atoms with Gasteiger partial charge in [-0.15, -0.1) is 11.6 Å². The molecule has 0 fully saturated rings. The Bertz CT molecular complexity index is 248. The third kappa shape index (κ3) is 6.19. The van der Waals surface area contributed by atoms with E-state index in [9.17, 15) is 5.11 Å². The van der Waals surface area contributed by atoms with Gasteiger partial charge in [-0.1, -0.05) is 26.0 Å². The molecule has 4 unspecified atom stereocenters. The summed E-state index contributed by atoms with van der Waals surface area (Å²) in [6, 6.07) is 0. The molecule has 18 heavy (non-hydrogen) atoms. The Labute approximate surface area is 116 Å². The van der Waals surface area contributed by atoms with E-state index >= 15 is 0 Å². The van der Waals surface area contributed by atoms with Gasteiger partial charge in [0.15, 0.2) is 0 Å². The van der Waals surface area contributed by atoms with E-state index in [4.69, 9.17) is 11.6 Å². The molecule has 0 saturated carbocycles. The largest absolute Gasteiger partial charge is 0.378 e. The third-order valence-electron chi connectivity index (χ3n) is 3.33. The highest BCUT2D eigenvalue weighted by atomic mass is 35.5. The van der Waals surface area contributed by atoms with Crippen LogP contribution < -0.4 is 10.6 Å². The van der Waals surface area contributed by atoms with Crippen molar-refractivity contribution in [3.8, 4) is 0 Å². The normalized spacial score (nSPS) is 30.1. The molecular weight excluding hydrogens is 248 g/mol. The molecule has 106 valence electrons. The minimum atomic E-state index is -0.490. The second kappa shape index (κ2) is 8.92. The highest BCUT2D eigenvalue weighted by molar-refractivity contribution is 6.20. The Balaban J connectivity index is 2.27. The van der Waals surface area contributed by atoms with Gasteiger partial charge >= 0.3 is 0 Å². The van der Waals surface area contributed by atoms with Crippen molar-refractivity contribution in [2.45, 2.75) is 44.7 Å². The molecule has 0 aromatic heterocycles. The summed E-state index contributed by atoms with van der Waals surface area (Å²) in [4.78, 5) is 0. The summed E-state index contributed by atoms with van der Waals surface area (Å²) in [7, 11) is 0. The molecule has 0 radical (unpaired) electrons. The zero-order chi connectivity index (χ0) is 13.4. The second-order valence-corrected chi connectivity index (χ2v) is 5.86. The number of aliphatic hydroxyl groups is 1. The number of alkyl halides is 1. The van der Waals surface area contributed by atoms with E-state index in [2.05, 4.69) is 36.6 Å². The summed E-state index contributed by atoms with van der Waals surface area (Å²) in [5, 5.41) is 16.7. The number of hydrogen-bond donors (Lipinski definition) is 3. The van der Waals surface area contributed by atoms with E-state index in [0.29, 0.717) is 5.92 Å². The van der Waals surface area contributed by atoms with Gasteiger partial charge in [0.25, 0.3) is 0 Å². The maximum absolute atomic E-state index is 10.1. The Hall–Kier alpha value is -0.0900. The molecule has 1 rings (SSSR count). The van der Waals surface area contributed by atoms with E-state index in [-0.39, 0.29) is 11.3 Å². The molecule has 4 atom stereocenters. The molecule has 0 amide bonds. The average molecular weight is 275 g/mol. The van der Waals surface area contributed by atoms with Crippen LogP contribution in [0, 0.1) is 11.8 Å². The topological polar surface area (TPSA) is 44.3 Å². The lowest BCUT2D eigenvalue weighted by atomic mass is 10.0. The predicted molar refractivity (Wildman–Crippen MR) is 77.8 cm³/mol. The van der Waals surface area contributed by atoms with Gasteiger partial charge < -0.3 is 10.4 Å². The molecule has 0 spiro atoms. The summed E-state index contributed by atoms with van der Waals surface area (Å²) >= 11 is 6.27. The van der Waals surface area contributed by atoms with E-state index in [0.717, 1.165) is 38.9 Å². The standard InChI is InChI=1S/C14H27ClN2O/c1-3-6-16-7-8-17-14(18)12-5-4-11(2)9-13(15)10-12/h4-5,11-14,16-18H,3,6-10H2,1-2H3. The second-order valence-electron chi connectivity index (χ2n) is 5.24. The van der Waals surface area contributed by atoms with Crippen molar-refractivity contribution >= 4 is 11.6 Å². The molecule has 0 heterocycles. The summed E-state index contributed by atoms with van der Waals surface area (Å²) in [5.74, 6) is 0.638. The Morgan fingerprint density at radius 3 is 2.78 bits per heavy atom. The summed E-state index contributed by atoms with van der Waals surface area (Å²) < 4.78 is 0. The van der Waals surface area contributed by atoms with Crippen LogP contribution in [0.25, 0.3) is 0 Å². The van der Waals surface area contributed by atoms with Crippen LogP contribution in [-0.4, -0.2) is 36.3 Å². The lowest BCUT2D eigenvalue weighted by molar-refractivity contribution is 0.0917. The smallest absolute Gasteiger partial charge is 0.111 e. The summed E-state index contributed by atoms with van der Waals surface area (Å²) in [5.41, 5.74) is 0. The Morgan fingerprint density at radius 2 is 2.06 bits per heavy atom. The molecular formula is C14H27ClN2O. The zero-order valence-electron chi connectivity index (χ0n) is 11.5. The molecule has 1 aliphatic rings. The average Bonchev–Trinajstić information content (AvgIpc) is 2.49. The maximum Gasteiger partial charge on any atom is 0.111 e. The van der Waals surface area contributed by atoms with Gasteiger partial charge in [-0.05, 0) is 31.7 Å². The van der Waals surface area contributed by atoms with E-state index in [1.807, 2.05) is 0 Å². The molecule has 0 aromatic carbocycles. The first kappa shape index (κ1) is 16.0. The fraction of sp³-hybridized carbons (Fsp3) is 0.857. The Morgan fingerprint density at radius 1 is 1.28 bits per heavy atom. The highest BCUT2D eigenvalue weighted by Gasteiger charge is 2.23. The van der Waals surface area contributed by atoms with Gasteiger partial charge in [-0.3, -0.25) is 5.32 Å². The monoisotopic (exact) mass is 274 g/mol. The lowest BCUT2D eigenvalue weighted by Gasteiger charge is -2.22. The number of aliphatic hydroxyl groups excluding tert-OH is 1. The van der Waals surface area contributed by atoms with Crippen LogP contribution in [0.1, 0.15) is 33.1 Å². The molecule has 3 nitrogen and oxygen atoms in total. The van der Waals surface area contributed by atoms with Crippen LogP contribution in [0.3, 0.4) is 0 Å². The van der Waals surface area contributed by atoms with Crippen LogP contribution in [0.2, 0.25) is 0 Å². The quantitative estimate of drug-likeness (QED) is 0.288. The first-order valence-electron chi connectivity index (χ1n) is 7.08. The van der Waals surface area contributed by atoms with Crippen LogP contribution in [0.15, 0.2) is 12.2 Å². The van der Waals surface area contributed by atoms with Gasteiger partial charge in [0.05, 0.1) is 0 Å². The van der Waals surface area contributed by atoms with Crippen LogP contribution >= 0.6 is 11.6 Å². The third-order valence-corrected chi connectivity index (χ3v) is 3.69. The van der Waals surface area contributed by atoms with Gasteiger partial charge in [0, 0.05) is 24.4 Å². The fourth-order valence-corrected chi connectivity index (χ4v) is 2.77. The molecule has 0 saturated heterocycles. The predicted octanol–water partition coefficient (Wildman–Crippen LogP) is 2.10. The van der Waals surface area contributed by atoms with Crippen molar-refractivity contribution in [3.63, 3.8) is 0 Å². The van der Waals surface area contributed by atoms with Crippen LogP contribution in [-0.2, 0) is 0 Å². The number of rotatable bonds is 7. The fourth-order valence-electron chi connectivity index (χ4n) is 2.28. The number of hydrogen-bond acceptors (Lipinski definition) is 3. The first-order valence-corrected chi connectivity index (χ1v) is 7.51. The highest BCUT2D eigenvalue weighted by Crippen LogP contribution is 2.26. The first-order chi connectivity index (χ1) is 8.63. The summed E-state index contributed by atoms with van der Waals surface area (Å²) in [6.45, 7) is 7.02. The molecule has 0 aromatic rings. The van der Waals surface area contributed by atoms with Gasteiger partial charge in [0.1, 0.15) is 6.23 Å². The molecule has 3 N–H and O–H groups in total. The van der Waals surface area contributed by atoms with E-state index in [1.165, 1.54) is 0 Å². The maximum atomic E-state index is 10.1. The van der Waals surface area contributed by atoms with Crippen molar-refractivity contribution in [3.05, 3.63) is 12.2 Å². The molecule has 0 aliphatic heterocycles. The van der Waals surface area contributed by atoms with Crippen molar-refractivity contribution in [1.29, 1.82) is 0 Å². The van der Waals surface area contributed by atoms with E-state index < -0.39 is 6.23 Å². The Kier molecular flexibility index (Phi) is 7.91. The number of nitrogens with one attached hydrogen (secondary N) is 2. The van der Waals surface area contributed by atoms with Crippen molar-refractivity contribution in [2.75, 3.05) is 19.6 Å². The van der Waals surface area contributed by atoms with Crippen molar-refractivity contribution in [2.24, 2.45) is 11.8 Å². The van der Waals surface area contributed by atoms with E-state index in [1.54, 1.807) is 0 Å². The van der Waals surface area contributed by atoms with Crippen LogP contribution in [0.4, 0.5) is 0 Å². The minimum Gasteiger partial charge on any atom is -0.378 e. The minimum absolute atomic E-state index is 0.128. The lowest BCUT2D eigenvalue weighted by Crippen LogP contribution is -2.40. The van der Waals surface area contributed by atoms with Crippen LogP contribution in [0.5, 0.6) is 0 Å².